The minimum Gasteiger partial charge on any atom is -0.508 e. The number of aryl methyl sites for hydroxylation is 1. The third-order valence-corrected chi connectivity index (χ3v) is 4.33. The van der Waals surface area contributed by atoms with Crippen molar-refractivity contribution in [3.63, 3.8) is 0 Å². The molecule has 0 aromatic heterocycles. The second kappa shape index (κ2) is 4.93. The molecule has 1 heterocycles. The number of likely N-dealkylation sites (tertiary alicyclic amines) is 1. The lowest BCUT2D eigenvalue weighted by molar-refractivity contribution is 0.0994. The number of phenolic OH excluding ortho intramolecular Hbond substituents is 1. The van der Waals surface area contributed by atoms with E-state index in [1.807, 2.05) is 12.1 Å². The lowest BCUT2D eigenvalue weighted by atomic mass is 9.82. The summed E-state index contributed by atoms with van der Waals surface area (Å²) >= 11 is 0. The van der Waals surface area contributed by atoms with Gasteiger partial charge in [-0.1, -0.05) is 31.5 Å². The summed E-state index contributed by atoms with van der Waals surface area (Å²) in [5.74, 6) is 0.429. The summed E-state index contributed by atoms with van der Waals surface area (Å²) in [5, 5.41) is 10.0. The fourth-order valence-corrected chi connectivity index (χ4v) is 2.72. The van der Waals surface area contributed by atoms with Crippen LogP contribution in [0.1, 0.15) is 50.8 Å². The first kappa shape index (κ1) is 13.4. The van der Waals surface area contributed by atoms with Crippen molar-refractivity contribution in [2.24, 2.45) is 5.41 Å². The van der Waals surface area contributed by atoms with Crippen molar-refractivity contribution in [3.05, 3.63) is 29.3 Å². The number of rotatable bonds is 2. The molecule has 1 atom stereocenters. The molecule has 2 rings (SSSR count). The van der Waals surface area contributed by atoms with Crippen LogP contribution in [0.5, 0.6) is 5.75 Å². The molecule has 0 amide bonds. The minimum atomic E-state index is 0.306. The smallest absolute Gasteiger partial charge is 0.120 e. The van der Waals surface area contributed by atoms with Crippen molar-refractivity contribution in [3.8, 4) is 5.75 Å². The van der Waals surface area contributed by atoms with Gasteiger partial charge in [0.25, 0.3) is 0 Å². The van der Waals surface area contributed by atoms with Gasteiger partial charge in [-0.2, -0.15) is 0 Å². The van der Waals surface area contributed by atoms with E-state index < -0.39 is 0 Å². The van der Waals surface area contributed by atoms with Crippen LogP contribution < -0.4 is 0 Å². The van der Waals surface area contributed by atoms with Crippen LogP contribution >= 0.6 is 0 Å². The Kier molecular flexibility index (Phi) is 3.67. The summed E-state index contributed by atoms with van der Waals surface area (Å²) in [6, 6.07) is 6.20. The lowest BCUT2D eigenvalue weighted by Gasteiger charge is -2.40. The van der Waals surface area contributed by atoms with E-state index in [-0.39, 0.29) is 0 Å². The molecule has 1 saturated heterocycles. The highest BCUT2D eigenvalue weighted by Crippen LogP contribution is 2.36. The van der Waals surface area contributed by atoms with Crippen molar-refractivity contribution in [1.82, 2.24) is 4.90 Å². The van der Waals surface area contributed by atoms with Crippen molar-refractivity contribution in [1.29, 1.82) is 0 Å². The fraction of sp³-hybridized carbons (Fsp3) is 0.625. The average Bonchev–Trinajstić information content (AvgIpc) is 2.31. The first-order valence-electron chi connectivity index (χ1n) is 6.93. The van der Waals surface area contributed by atoms with Gasteiger partial charge >= 0.3 is 0 Å². The summed E-state index contributed by atoms with van der Waals surface area (Å²) in [7, 11) is 0. The molecule has 1 N–H and O–H groups in total. The molecular formula is C16H25NO. The second-order valence-electron chi connectivity index (χ2n) is 6.44. The summed E-state index contributed by atoms with van der Waals surface area (Å²) in [5.41, 5.74) is 2.76. The van der Waals surface area contributed by atoms with Gasteiger partial charge in [-0.05, 0) is 51.3 Å². The lowest BCUT2D eigenvalue weighted by Crippen LogP contribution is -2.38. The van der Waals surface area contributed by atoms with Crippen LogP contribution in [0.25, 0.3) is 0 Å². The van der Waals surface area contributed by atoms with E-state index in [4.69, 9.17) is 0 Å². The van der Waals surface area contributed by atoms with Gasteiger partial charge in [-0.15, -0.1) is 0 Å². The standard InChI is InChI=1S/C16H25NO/c1-12-5-6-15(18)14(11-12)13(2)17-9-7-16(3,4)8-10-17/h5-6,11,13,18H,7-10H2,1-4H3. The monoisotopic (exact) mass is 247 g/mol. The second-order valence-corrected chi connectivity index (χ2v) is 6.44. The van der Waals surface area contributed by atoms with E-state index in [0.717, 1.165) is 18.7 Å². The molecule has 1 fully saturated rings. The highest BCUT2D eigenvalue weighted by atomic mass is 16.3. The largest absolute Gasteiger partial charge is 0.508 e. The Balaban J connectivity index is 2.12. The number of nitrogens with zero attached hydrogens (tertiary/aromatic N) is 1. The Labute approximate surface area is 111 Å². The number of piperidine rings is 1. The van der Waals surface area contributed by atoms with Gasteiger partial charge < -0.3 is 5.11 Å². The Morgan fingerprint density at radius 3 is 2.44 bits per heavy atom. The predicted molar refractivity (Wildman–Crippen MR) is 75.8 cm³/mol. The maximum atomic E-state index is 10.0. The van der Waals surface area contributed by atoms with E-state index in [2.05, 4.69) is 38.7 Å². The van der Waals surface area contributed by atoms with E-state index in [0.29, 0.717) is 17.2 Å². The van der Waals surface area contributed by atoms with Crippen LogP contribution in [0, 0.1) is 12.3 Å². The summed E-state index contributed by atoms with van der Waals surface area (Å²) < 4.78 is 0. The Morgan fingerprint density at radius 1 is 1.22 bits per heavy atom. The third kappa shape index (κ3) is 2.86. The molecule has 2 nitrogen and oxygen atoms in total. The van der Waals surface area contributed by atoms with Gasteiger partial charge in [-0.3, -0.25) is 4.90 Å². The molecule has 100 valence electrons. The molecule has 1 aromatic rings. The van der Waals surface area contributed by atoms with Crippen molar-refractivity contribution < 1.29 is 5.11 Å². The zero-order valence-electron chi connectivity index (χ0n) is 12.0. The van der Waals surface area contributed by atoms with Crippen molar-refractivity contribution >= 4 is 0 Å². The number of benzene rings is 1. The number of aromatic hydroxyl groups is 1. The topological polar surface area (TPSA) is 23.5 Å². The number of hydrogen-bond acceptors (Lipinski definition) is 2. The van der Waals surface area contributed by atoms with Crippen molar-refractivity contribution in [2.75, 3.05) is 13.1 Å². The third-order valence-electron chi connectivity index (χ3n) is 4.33. The molecule has 1 aliphatic rings. The Morgan fingerprint density at radius 2 is 1.83 bits per heavy atom. The van der Waals surface area contributed by atoms with Crippen LogP contribution in [0.4, 0.5) is 0 Å². The predicted octanol–water partition coefficient (Wildman–Crippen LogP) is 3.88. The van der Waals surface area contributed by atoms with Gasteiger partial charge in [0.1, 0.15) is 5.75 Å². The van der Waals surface area contributed by atoms with Gasteiger partial charge in [-0.25, -0.2) is 0 Å². The molecule has 0 radical (unpaired) electrons. The van der Waals surface area contributed by atoms with E-state index in [1.165, 1.54) is 18.4 Å². The van der Waals surface area contributed by atoms with Crippen LogP contribution in [0.3, 0.4) is 0 Å². The molecule has 1 unspecified atom stereocenters. The molecule has 18 heavy (non-hydrogen) atoms. The normalized spacial score (nSPS) is 21.8. The van der Waals surface area contributed by atoms with Crippen molar-refractivity contribution in [2.45, 2.75) is 46.6 Å². The first-order chi connectivity index (χ1) is 8.39. The molecule has 1 aliphatic heterocycles. The zero-order valence-corrected chi connectivity index (χ0v) is 12.0. The summed E-state index contributed by atoms with van der Waals surface area (Å²) in [6.07, 6.45) is 2.48. The van der Waals surface area contributed by atoms with Crippen LogP contribution in [-0.4, -0.2) is 23.1 Å². The first-order valence-corrected chi connectivity index (χ1v) is 6.93. The van der Waals surface area contributed by atoms with Gasteiger partial charge in [0.15, 0.2) is 0 Å². The molecule has 1 aromatic carbocycles. The van der Waals surface area contributed by atoms with Gasteiger partial charge in [0.05, 0.1) is 0 Å². The highest BCUT2D eigenvalue weighted by molar-refractivity contribution is 5.37. The summed E-state index contributed by atoms with van der Waals surface area (Å²) in [6.45, 7) is 11.2. The zero-order chi connectivity index (χ0) is 13.3. The Hall–Kier alpha value is -1.02. The maximum absolute atomic E-state index is 10.0. The van der Waals surface area contributed by atoms with Crippen LogP contribution in [0.15, 0.2) is 18.2 Å². The molecule has 0 aliphatic carbocycles. The minimum absolute atomic E-state index is 0.306. The Bertz CT molecular complexity index is 415. The van der Waals surface area contributed by atoms with Crippen LogP contribution in [-0.2, 0) is 0 Å². The molecule has 2 heteroatoms. The average molecular weight is 247 g/mol. The SMILES string of the molecule is Cc1ccc(O)c(C(C)N2CCC(C)(C)CC2)c1. The number of phenols is 1. The molecular weight excluding hydrogens is 222 g/mol. The maximum Gasteiger partial charge on any atom is 0.120 e. The van der Waals surface area contributed by atoms with E-state index >= 15 is 0 Å². The van der Waals surface area contributed by atoms with Gasteiger partial charge in [0.2, 0.25) is 0 Å². The quantitative estimate of drug-likeness (QED) is 0.857. The fourth-order valence-electron chi connectivity index (χ4n) is 2.72. The summed E-state index contributed by atoms with van der Waals surface area (Å²) in [4.78, 5) is 2.49. The van der Waals surface area contributed by atoms with Gasteiger partial charge in [0, 0.05) is 11.6 Å². The molecule has 0 saturated carbocycles. The van der Waals surface area contributed by atoms with E-state index in [1.54, 1.807) is 0 Å². The van der Waals surface area contributed by atoms with E-state index in [9.17, 15) is 5.11 Å². The van der Waals surface area contributed by atoms with Crippen LogP contribution in [0.2, 0.25) is 0 Å². The highest BCUT2D eigenvalue weighted by Gasteiger charge is 2.28. The molecule has 0 spiro atoms. The molecule has 0 bridgehead atoms. The number of hydrogen-bond donors (Lipinski definition) is 1.